The molecular formula is C29H35N3O6S. The number of rotatable bonds is 12. The van der Waals surface area contributed by atoms with Crippen LogP contribution in [0.15, 0.2) is 66.7 Å². The molecule has 2 N–H and O–H groups in total. The molecule has 0 aromatic heterocycles. The highest BCUT2D eigenvalue weighted by Crippen LogP contribution is 2.27. The second-order valence-corrected chi connectivity index (χ2v) is 11.2. The molecule has 3 aromatic rings. The fourth-order valence-electron chi connectivity index (χ4n) is 3.99. The van der Waals surface area contributed by atoms with Gasteiger partial charge in [0.1, 0.15) is 6.54 Å². The zero-order chi connectivity index (χ0) is 28.6. The maximum Gasteiger partial charge on any atom is 0.253 e. The Morgan fingerprint density at radius 1 is 0.923 bits per heavy atom. The molecule has 2 amide bonds. The lowest BCUT2D eigenvalue weighted by atomic mass is 10.0. The molecule has 3 rings (SSSR count). The first-order valence-corrected chi connectivity index (χ1v) is 14.3. The van der Waals surface area contributed by atoms with Gasteiger partial charge in [-0.25, -0.2) is 8.42 Å². The second kappa shape index (κ2) is 13.1. The predicted octanol–water partition coefficient (Wildman–Crippen LogP) is 4.20. The Hall–Kier alpha value is -4.05. The van der Waals surface area contributed by atoms with Crippen LogP contribution in [-0.4, -0.2) is 53.8 Å². The molecule has 0 fully saturated rings. The van der Waals surface area contributed by atoms with E-state index < -0.39 is 22.5 Å². The van der Waals surface area contributed by atoms with Crippen LogP contribution in [0.25, 0.3) is 0 Å². The summed E-state index contributed by atoms with van der Waals surface area (Å²) in [6.07, 6.45) is 1.61. The van der Waals surface area contributed by atoms with E-state index in [0.717, 1.165) is 21.7 Å². The van der Waals surface area contributed by atoms with Crippen LogP contribution in [0.2, 0.25) is 0 Å². The second-order valence-electron chi connectivity index (χ2n) is 9.30. The van der Waals surface area contributed by atoms with Crippen molar-refractivity contribution < 1.29 is 27.5 Å². The number of ether oxygens (including phenoxy) is 2. The Labute approximate surface area is 230 Å². The molecule has 0 spiro atoms. The van der Waals surface area contributed by atoms with Crippen molar-refractivity contribution in [1.82, 2.24) is 5.32 Å². The monoisotopic (exact) mass is 553 g/mol. The van der Waals surface area contributed by atoms with E-state index in [2.05, 4.69) is 10.6 Å². The van der Waals surface area contributed by atoms with Gasteiger partial charge in [0, 0.05) is 6.54 Å². The maximum atomic E-state index is 12.9. The summed E-state index contributed by atoms with van der Waals surface area (Å²) in [6, 6.07) is 19.2. The van der Waals surface area contributed by atoms with Gasteiger partial charge in [-0.1, -0.05) is 44.2 Å². The molecule has 10 heteroatoms. The fraction of sp³-hybridized carbons (Fsp3) is 0.310. The minimum Gasteiger partial charge on any atom is -0.493 e. The van der Waals surface area contributed by atoms with E-state index in [0.29, 0.717) is 30.2 Å². The van der Waals surface area contributed by atoms with E-state index in [1.165, 1.54) is 0 Å². The molecule has 0 heterocycles. The van der Waals surface area contributed by atoms with Crippen molar-refractivity contribution in [3.63, 3.8) is 0 Å². The summed E-state index contributed by atoms with van der Waals surface area (Å²) in [5.41, 5.74) is 2.96. The maximum absolute atomic E-state index is 12.9. The normalized spacial score (nSPS) is 11.1. The Bertz CT molecular complexity index is 1400. The zero-order valence-corrected chi connectivity index (χ0v) is 23.7. The van der Waals surface area contributed by atoms with Crippen LogP contribution >= 0.6 is 0 Å². The standard InChI is InChI=1S/C29H35N3O6S/c1-20(2)22-11-13-23(14-12-22)32(39(5,35)36)19-28(33)31-25-9-7-6-8-24(25)29(34)30-17-16-21-10-15-26(37-3)27(18-21)38-4/h6-15,18,20H,16-17,19H2,1-5H3,(H,30,34)(H,31,33). The van der Waals surface area contributed by atoms with Crippen molar-refractivity contribution in [2.45, 2.75) is 26.2 Å². The number of benzene rings is 3. The van der Waals surface area contributed by atoms with Crippen LogP contribution in [0.4, 0.5) is 11.4 Å². The lowest BCUT2D eigenvalue weighted by Gasteiger charge is -2.22. The number of para-hydroxylation sites is 1. The third-order valence-electron chi connectivity index (χ3n) is 6.13. The molecule has 0 aliphatic carbocycles. The van der Waals surface area contributed by atoms with Crippen molar-refractivity contribution >= 4 is 33.2 Å². The molecule has 0 bridgehead atoms. The van der Waals surface area contributed by atoms with Gasteiger partial charge in [0.2, 0.25) is 15.9 Å². The van der Waals surface area contributed by atoms with Gasteiger partial charge in [-0.3, -0.25) is 13.9 Å². The largest absolute Gasteiger partial charge is 0.493 e. The summed E-state index contributed by atoms with van der Waals surface area (Å²) in [4.78, 5) is 25.9. The number of anilines is 2. The van der Waals surface area contributed by atoms with Gasteiger partial charge < -0.3 is 20.1 Å². The summed E-state index contributed by atoms with van der Waals surface area (Å²) in [5, 5.41) is 5.56. The molecule has 3 aromatic carbocycles. The topological polar surface area (TPSA) is 114 Å². The Morgan fingerprint density at radius 2 is 1.59 bits per heavy atom. The number of carbonyl (C=O) groups is 2. The van der Waals surface area contributed by atoms with Gasteiger partial charge >= 0.3 is 0 Å². The van der Waals surface area contributed by atoms with E-state index in [-0.39, 0.29) is 23.1 Å². The Balaban J connectivity index is 1.67. The fourth-order valence-corrected chi connectivity index (χ4v) is 4.84. The van der Waals surface area contributed by atoms with Gasteiger partial charge in [0.25, 0.3) is 5.91 Å². The highest BCUT2D eigenvalue weighted by Gasteiger charge is 2.22. The number of nitrogens with zero attached hydrogens (tertiary/aromatic N) is 1. The quantitative estimate of drug-likeness (QED) is 0.348. The van der Waals surface area contributed by atoms with Crippen LogP contribution in [0.3, 0.4) is 0 Å². The van der Waals surface area contributed by atoms with Crippen LogP contribution in [0.1, 0.15) is 41.3 Å². The molecule has 39 heavy (non-hydrogen) atoms. The Kier molecular flexibility index (Phi) is 9.95. The minimum atomic E-state index is -3.74. The van der Waals surface area contributed by atoms with E-state index in [1.54, 1.807) is 56.7 Å². The van der Waals surface area contributed by atoms with Gasteiger partial charge in [-0.15, -0.1) is 0 Å². The van der Waals surface area contributed by atoms with E-state index in [1.807, 2.05) is 38.1 Å². The highest BCUT2D eigenvalue weighted by atomic mass is 32.2. The Morgan fingerprint density at radius 3 is 2.21 bits per heavy atom. The number of amides is 2. The van der Waals surface area contributed by atoms with Gasteiger partial charge in [0.05, 0.1) is 37.4 Å². The van der Waals surface area contributed by atoms with Gasteiger partial charge in [-0.2, -0.15) is 0 Å². The van der Waals surface area contributed by atoms with E-state index in [4.69, 9.17) is 9.47 Å². The minimum absolute atomic E-state index is 0.269. The molecule has 0 aliphatic heterocycles. The molecule has 9 nitrogen and oxygen atoms in total. The molecule has 0 saturated carbocycles. The van der Waals surface area contributed by atoms with E-state index in [9.17, 15) is 18.0 Å². The van der Waals surface area contributed by atoms with Crippen molar-refractivity contribution in [2.75, 3.05) is 43.2 Å². The summed E-state index contributed by atoms with van der Waals surface area (Å²) < 4.78 is 36.6. The molecule has 0 atom stereocenters. The average molecular weight is 554 g/mol. The van der Waals surface area contributed by atoms with Crippen LogP contribution in [0, 0.1) is 0 Å². The molecular weight excluding hydrogens is 518 g/mol. The highest BCUT2D eigenvalue weighted by molar-refractivity contribution is 7.92. The molecule has 208 valence electrons. The third-order valence-corrected chi connectivity index (χ3v) is 7.27. The number of nitrogens with one attached hydrogen (secondary N) is 2. The van der Waals surface area contributed by atoms with Crippen molar-refractivity contribution in [1.29, 1.82) is 0 Å². The summed E-state index contributed by atoms with van der Waals surface area (Å²) in [5.74, 6) is 0.579. The van der Waals surface area contributed by atoms with E-state index >= 15 is 0 Å². The lowest BCUT2D eigenvalue weighted by molar-refractivity contribution is -0.114. The third kappa shape index (κ3) is 7.97. The number of methoxy groups -OCH3 is 2. The number of carbonyl (C=O) groups excluding carboxylic acids is 2. The SMILES string of the molecule is COc1ccc(CCNC(=O)c2ccccc2NC(=O)CN(c2ccc(C(C)C)cc2)S(C)(=O)=O)cc1OC. The van der Waals surface area contributed by atoms with Crippen LogP contribution < -0.4 is 24.4 Å². The van der Waals surface area contributed by atoms with Gasteiger partial charge in [0.15, 0.2) is 11.5 Å². The van der Waals surface area contributed by atoms with Crippen LogP contribution in [-0.2, 0) is 21.2 Å². The summed E-state index contributed by atoms with van der Waals surface area (Å²) >= 11 is 0. The summed E-state index contributed by atoms with van der Waals surface area (Å²) in [7, 11) is -0.608. The molecule has 0 saturated heterocycles. The molecule has 0 unspecified atom stereocenters. The lowest BCUT2D eigenvalue weighted by Crippen LogP contribution is -2.37. The number of sulfonamides is 1. The first-order chi connectivity index (χ1) is 18.5. The smallest absolute Gasteiger partial charge is 0.253 e. The average Bonchev–Trinajstić information content (AvgIpc) is 2.91. The number of hydrogen-bond donors (Lipinski definition) is 2. The first-order valence-electron chi connectivity index (χ1n) is 12.5. The van der Waals surface area contributed by atoms with Gasteiger partial charge in [-0.05, 0) is 59.9 Å². The first kappa shape index (κ1) is 29.5. The summed E-state index contributed by atoms with van der Waals surface area (Å²) in [6.45, 7) is 4.00. The van der Waals surface area contributed by atoms with Crippen molar-refractivity contribution in [2.24, 2.45) is 0 Å². The molecule has 0 radical (unpaired) electrons. The number of hydrogen-bond acceptors (Lipinski definition) is 6. The van der Waals surface area contributed by atoms with Crippen molar-refractivity contribution in [3.8, 4) is 11.5 Å². The molecule has 0 aliphatic rings. The van der Waals surface area contributed by atoms with Crippen molar-refractivity contribution in [3.05, 3.63) is 83.4 Å². The zero-order valence-electron chi connectivity index (χ0n) is 22.9. The predicted molar refractivity (Wildman–Crippen MR) is 153 cm³/mol. The van der Waals surface area contributed by atoms with Crippen LogP contribution in [0.5, 0.6) is 11.5 Å².